The Bertz CT molecular complexity index is 749. The molecule has 0 spiro atoms. The molecule has 1 aromatic heterocycles. The van der Waals surface area contributed by atoms with E-state index in [2.05, 4.69) is 20.9 Å². The number of carbonyl (C=O) groups is 1. The van der Waals surface area contributed by atoms with Crippen LogP contribution in [-0.2, 0) is 17.6 Å². The molecule has 0 radical (unpaired) electrons. The number of ether oxygens (including phenoxy) is 1. The number of imidazole rings is 1. The van der Waals surface area contributed by atoms with Gasteiger partial charge in [0.15, 0.2) is 0 Å². The molecule has 1 atom stereocenters. The van der Waals surface area contributed by atoms with Crippen molar-refractivity contribution in [1.29, 1.82) is 0 Å². The molecule has 4 rings (SSSR count). The van der Waals surface area contributed by atoms with Crippen molar-refractivity contribution in [2.45, 2.75) is 19.3 Å². The lowest BCUT2D eigenvalue weighted by Crippen LogP contribution is -2.51. The van der Waals surface area contributed by atoms with Crippen molar-refractivity contribution >= 4 is 11.6 Å². The smallest absolute Gasteiger partial charge is 0.226 e. The average molecular weight is 340 g/mol. The van der Waals surface area contributed by atoms with Crippen LogP contribution in [0.2, 0.25) is 0 Å². The van der Waals surface area contributed by atoms with Crippen LogP contribution >= 0.6 is 0 Å². The zero-order chi connectivity index (χ0) is 17.2. The van der Waals surface area contributed by atoms with Crippen molar-refractivity contribution in [3.05, 3.63) is 42.0 Å². The predicted octanol–water partition coefficient (Wildman–Crippen LogP) is 1.87. The number of fused-ring (bicyclic) bond motifs is 1. The predicted molar refractivity (Wildman–Crippen MR) is 95.9 cm³/mol. The number of nitrogens with one attached hydrogen (secondary N) is 1. The molecule has 132 valence electrons. The lowest BCUT2D eigenvalue weighted by Gasteiger charge is -2.38. The fourth-order valence-electron chi connectivity index (χ4n) is 3.93. The van der Waals surface area contributed by atoms with Gasteiger partial charge in [0, 0.05) is 44.2 Å². The van der Waals surface area contributed by atoms with Crippen LogP contribution in [0.15, 0.2) is 30.6 Å². The Morgan fingerprint density at radius 3 is 2.84 bits per heavy atom. The van der Waals surface area contributed by atoms with Gasteiger partial charge in [-0.2, -0.15) is 0 Å². The summed E-state index contributed by atoms with van der Waals surface area (Å²) in [5.41, 5.74) is 3.37. The highest BCUT2D eigenvalue weighted by molar-refractivity contribution is 5.80. The van der Waals surface area contributed by atoms with Gasteiger partial charge < -0.3 is 19.5 Å². The molecule has 6 heteroatoms. The Balaban J connectivity index is 1.38. The Labute approximate surface area is 147 Å². The van der Waals surface area contributed by atoms with E-state index in [1.54, 1.807) is 13.4 Å². The number of piperazine rings is 1. The third-order valence-electron chi connectivity index (χ3n) is 5.35. The number of amides is 1. The topological polar surface area (TPSA) is 61.5 Å². The molecule has 1 aliphatic heterocycles. The van der Waals surface area contributed by atoms with Gasteiger partial charge in [0.2, 0.25) is 5.91 Å². The number of hydrogen-bond donors (Lipinski definition) is 1. The molecular weight excluding hydrogens is 316 g/mol. The number of hydrogen-bond acceptors (Lipinski definition) is 4. The molecule has 1 aromatic carbocycles. The Hall–Kier alpha value is -2.50. The molecule has 1 N–H and O–H groups in total. The number of carbonyl (C=O) groups excluding carboxylic acids is 1. The molecule has 1 saturated heterocycles. The molecule has 2 aliphatic rings. The number of benzene rings is 1. The van der Waals surface area contributed by atoms with Crippen molar-refractivity contribution < 1.29 is 9.53 Å². The van der Waals surface area contributed by atoms with Gasteiger partial charge in [0.05, 0.1) is 24.8 Å². The standard InChI is InChI=1S/C19H24N4O2/c1-25-18-5-3-2-4-17(18)22-8-10-23(11-9-22)19(24)14-6-7-15-16(12-14)21-13-20-15/h2-5,13-14H,6-12H2,1H3,(H,20,21)/t14-/m1/s1. The highest BCUT2D eigenvalue weighted by Gasteiger charge is 2.31. The maximum atomic E-state index is 12.9. The number of aromatic amines is 1. The fourth-order valence-corrected chi connectivity index (χ4v) is 3.93. The van der Waals surface area contributed by atoms with Crippen molar-refractivity contribution in [2.75, 3.05) is 38.2 Å². The maximum absolute atomic E-state index is 12.9. The van der Waals surface area contributed by atoms with Gasteiger partial charge in [-0.05, 0) is 25.0 Å². The Kier molecular flexibility index (Phi) is 4.34. The van der Waals surface area contributed by atoms with Gasteiger partial charge in [-0.1, -0.05) is 12.1 Å². The zero-order valence-electron chi connectivity index (χ0n) is 14.6. The van der Waals surface area contributed by atoms with E-state index >= 15 is 0 Å². The van der Waals surface area contributed by atoms with E-state index in [1.807, 2.05) is 23.1 Å². The number of aromatic nitrogens is 2. The molecule has 2 aromatic rings. The summed E-state index contributed by atoms with van der Waals surface area (Å²) in [6, 6.07) is 8.07. The van der Waals surface area contributed by atoms with Gasteiger partial charge in [-0.3, -0.25) is 4.79 Å². The van der Waals surface area contributed by atoms with Crippen LogP contribution in [0.25, 0.3) is 0 Å². The van der Waals surface area contributed by atoms with Crippen molar-refractivity contribution in [3.8, 4) is 5.75 Å². The molecule has 1 amide bonds. The zero-order valence-corrected chi connectivity index (χ0v) is 14.6. The van der Waals surface area contributed by atoms with Crippen LogP contribution in [0.3, 0.4) is 0 Å². The summed E-state index contributed by atoms with van der Waals surface area (Å²) in [4.78, 5) is 24.7. The van der Waals surface area contributed by atoms with E-state index in [0.29, 0.717) is 5.91 Å². The highest BCUT2D eigenvalue weighted by atomic mass is 16.5. The number of aryl methyl sites for hydroxylation is 1. The second-order valence-electron chi connectivity index (χ2n) is 6.75. The van der Waals surface area contributed by atoms with Crippen LogP contribution in [0.4, 0.5) is 5.69 Å². The molecule has 0 unspecified atom stereocenters. The van der Waals surface area contributed by atoms with Crippen molar-refractivity contribution in [3.63, 3.8) is 0 Å². The molecule has 6 nitrogen and oxygen atoms in total. The third kappa shape index (κ3) is 3.08. The fraction of sp³-hybridized carbons (Fsp3) is 0.474. The first-order valence-corrected chi connectivity index (χ1v) is 8.94. The van der Waals surface area contributed by atoms with Crippen LogP contribution in [0.5, 0.6) is 5.75 Å². The van der Waals surface area contributed by atoms with E-state index in [-0.39, 0.29) is 5.92 Å². The number of methoxy groups -OCH3 is 1. The van der Waals surface area contributed by atoms with E-state index in [4.69, 9.17) is 4.74 Å². The van der Waals surface area contributed by atoms with Crippen LogP contribution in [0.1, 0.15) is 17.8 Å². The summed E-state index contributed by atoms with van der Waals surface area (Å²) in [6.45, 7) is 3.22. The summed E-state index contributed by atoms with van der Waals surface area (Å²) in [5, 5.41) is 0. The highest BCUT2D eigenvalue weighted by Crippen LogP contribution is 2.29. The second kappa shape index (κ2) is 6.78. The van der Waals surface area contributed by atoms with E-state index < -0.39 is 0 Å². The summed E-state index contributed by atoms with van der Waals surface area (Å²) < 4.78 is 5.46. The average Bonchev–Trinajstić information content (AvgIpc) is 3.15. The minimum atomic E-state index is 0.0887. The number of H-pyrrole nitrogens is 1. The number of nitrogens with zero attached hydrogens (tertiary/aromatic N) is 3. The summed E-state index contributed by atoms with van der Waals surface area (Å²) in [6.07, 6.45) is 4.34. The number of para-hydroxylation sites is 2. The van der Waals surface area contributed by atoms with Gasteiger partial charge >= 0.3 is 0 Å². The van der Waals surface area contributed by atoms with Crippen LogP contribution in [0, 0.1) is 5.92 Å². The van der Waals surface area contributed by atoms with E-state index in [9.17, 15) is 4.79 Å². The minimum Gasteiger partial charge on any atom is -0.495 e. The normalized spacial score (nSPS) is 20.3. The maximum Gasteiger partial charge on any atom is 0.226 e. The van der Waals surface area contributed by atoms with E-state index in [1.165, 1.54) is 0 Å². The molecule has 1 aliphatic carbocycles. The van der Waals surface area contributed by atoms with E-state index in [0.717, 1.165) is 68.3 Å². The van der Waals surface area contributed by atoms with Gasteiger partial charge in [-0.25, -0.2) is 4.98 Å². The lowest BCUT2D eigenvalue weighted by molar-refractivity contribution is -0.136. The third-order valence-corrected chi connectivity index (χ3v) is 5.35. The van der Waals surface area contributed by atoms with Gasteiger partial charge in [0.1, 0.15) is 5.75 Å². The summed E-state index contributed by atoms with van der Waals surface area (Å²) in [7, 11) is 1.70. The Morgan fingerprint density at radius 2 is 2.04 bits per heavy atom. The first kappa shape index (κ1) is 16.0. The molecule has 0 bridgehead atoms. The molecular formula is C19H24N4O2. The van der Waals surface area contributed by atoms with Gasteiger partial charge in [-0.15, -0.1) is 0 Å². The SMILES string of the molecule is COc1ccccc1N1CCN(C(=O)[C@@H]2CCc3nc[nH]c3C2)CC1. The first-order chi connectivity index (χ1) is 12.3. The summed E-state index contributed by atoms with van der Waals surface area (Å²) in [5.74, 6) is 1.27. The number of anilines is 1. The van der Waals surface area contributed by atoms with Crippen molar-refractivity contribution in [2.24, 2.45) is 5.92 Å². The summed E-state index contributed by atoms with van der Waals surface area (Å²) >= 11 is 0. The quantitative estimate of drug-likeness (QED) is 0.927. The van der Waals surface area contributed by atoms with Crippen molar-refractivity contribution in [1.82, 2.24) is 14.9 Å². The molecule has 0 saturated carbocycles. The largest absolute Gasteiger partial charge is 0.495 e. The molecule has 2 heterocycles. The molecule has 25 heavy (non-hydrogen) atoms. The number of rotatable bonds is 3. The van der Waals surface area contributed by atoms with Gasteiger partial charge in [0.25, 0.3) is 0 Å². The second-order valence-corrected chi connectivity index (χ2v) is 6.75. The van der Waals surface area contributed by atoms with Crippen LogP contribution < -0.4 is 9.64 Å². The molecule has 1 fully saturated rings. The minimum absolute atomic E-state index is 0.0887. The Morgan fingerprint density at radius 1 is 1.24 bits per heavy atom. The monoisotopic (exact) mass is 340 g/mol. The lowest BCUT2D eigenvalue weighted by atomic mass is 9.88. The first-order valence-electron chi connectivity index (χ1n) is 8.94. The van der Waals surface area contributed by atoms with Crippen LogP contribution in [-0.4, -0.2) is 54.1 Å².